The first-order chi connectivity index (χ1) is 11.2. The lowest BCUT2D eigenvalue weighted by Gasteiger charge is -2.16. The molecule has 1 aromatic heterocycles. The molecule has 2 aromatic rings. The van der Waals surface area contributed by atoms with Crippen molar-refractivity contribution in [3.8, 4) is 0 Å². The quantitative estimate of drug-likeness (QED) is 0.774. The van der Waals surface area contributed by atoms with E-state index in [0.717, 1.165) is 15.6 Å². The van der Waals surface area contributed by atoms with E-state index >= 15 is 0 Å². The van der Waals surface area contributed by atoms with Crippen LogP contribution in [0.3, 0.4) is 0 Å². The molecule has 24 heavy (non-hydrogen) atoms. The number of nitrogens with one attached hydrogen (secondary N) is 1. The van der Waals surface area contributed by atoms with Crippen LogP contribution in [0.5, 0.6) is 0 Å². The normalized spacial score (nSPS) is 11.5. The summed E-state index contributed by atoms with van der Waals surface area (Å²) >= 11 is 6.68. The SMILES string of the molecule is CC(=O)c1ccccc1NC(=O)CN(C)S(=O)(=O)c1ccc(Cl)s1. The van der Waals surface area contributed by atoms with Gasteiger partial charge in [-0.3, -0.25) is 9.59 Å². The lowest BCUT2D eigenvalue weighted by Crippen LogP contribution is -2.34. The number of hydrogen-bond donors (Lipinski definition) is 1. The molecule has 6 nitrogen and oxygen atoms in total. The Labute approximate surface area is 149 Å². The van der Waals surface area contributed by atoms with Gasteiger partial charge in [0.15, 0.2) is 5.78 Å². The van der Waals surface area contributed by atoms with Crippen LogP contribution in [0.1, 0.15) is 17.3 Å². The van der Waals surface area contributed by atoms with Crippen LogP contribution >= 0.6 is 22.9 Å². The van der Waals surface area contributed by atoms with Crippen molar-refractivity contribution in [2.75, 3.05) is 18.9 Å². The average molecular weight is 387 g/mol. The van der Waals surface area contributed by atoms with E-state index in [-0.39, 0.29) is 16.5 Å². The number of carbonyl (C=O) groups excluding carboxylic acids is 2. The number of Topliss-reactive ketones (excluding diaryl/α,β-unsaturated/α-hetero) is 1. The summed E-state index contributed by atoms with van der Waals surface area (Å²) in [6, 6.07) is 9.41. The molecule has 0 unspecified atom stereocenters. The van der Waals surface area contributed by atoms with E-state index in [1.54, 1.807) is 24.3 Å². The van der Waals surface area contributed by atoms with E-state index < -0.39 is 15.9 Å². The molecule has 0 radical (unpaired) electrons. The topological polar surface area (TPSA) is 83.6 Å². The molecular formula is C15H15ClN2O4S2. The molecule has 0 spiro atoms. The molecule has 0 saturated carbocycles. The van der Waals surface area contributed by atoms with Gasteiger partial charge >= 0.3 is 0 Å². The van der Waals surface area contributed by atoms with Crippen molar-refractivity contribution in [2.24, 2.45) is 0 Å². The number of benzene rings is 1. The highest BCUT2D eigenvalue weighted by molar-refractivity contribution is 7.91. The first-order valence-electron chi connectivity index (χ1n) is 6.83. The van der Waals surface area contributed by atoms with Crippen LogP contribution in [0, 0.1) is 0 Å². The number of ketones is 1. The second-order valence-corrected chi connectivity index (χ2v) is 8.96. The average Bonchev–Trinajstić information content (AvgIpc) is 2.94. The van der Waals surface area contributed by atoms with Crippen LogP contribution in [-0.4, -0.2) is 38.0 Å². The summed E-state index contributed by atoms with van der Waals surface area (Å²) in [6.07, 6.45) is 0. The van der Waals surface area contributed by atoms with Gasteiger partial charge in [0.2, 0.25) is 5.91 Å². The van der Waals surface area contributed by atoms with Crippen molar-refractivity contribution in [3.63, 3.8) is 0 Å². The minimum Gasteiger partial charge on any atom is -0.324 e. The van der Waals surface area contributed by atoms with Crippen molar-refractivity contribution >= 4 is 50.3 Å². The molecule has 1 N–H and O–H groups in total. The number of amides is 1. The molecule has 1 heterocycles. The van der Waals surface area contributed by atoms with Crippen molar-refractivity contribution in [2.45, 2.75) is 11.1 Å². The molecule has 0 saturated heterocycles. The van der Waals surface area contributed by atoms with Crippen LogP contribution in [0.15, 0.2) is 40.6 Å². The molecule has 0 atom stereocenters. The zero-order valence-electron chi connectivity index (χ0n) is 12.9. The van der Waals surface area contributed by atoms with Gasteiger partial charge in [0.1, 0.15) is 4.21 Å². The highest BCUT2D eigenvalue weighted by Crippen LogP contribution is 2.27. The van der Waals surface area contributed by atoms with Crippen LogP contribution in [0.2, 0.25) is 4.34 Å². The Hall–Kier alpha value is -1.74. The molecule has 2 rings (SSSR count). The van der Waals surface area contributed by atoms with Crippen molar-refractivity contribution in [1.29, 1.82) is 0 Å². The van der Waals surface area contributed by atoms with Gasteiger partial charge in [-0.1, -0.05) is 23.7 Å². The van der Waals surface area contributed by atoms with Gasteiger partial charge in [0.25, 0.3) is 10.0 Å². The smallest absolute Gasteiger partial charge is 0.252 e. The predicted molar refractivity (Wildman–Crippen MR) is 94.2 cm³/mol. The fraction of sp³-hybridized carbons (Fsp3) is 0.200. The monoisotopic (exact) mass is 386 g/mol. The number of para-hydroxylation sites is 1. The van der Waals surface area contributed by atoms with Crippen molar-refractivity contribution < 1.29 is 18.0 Å². The van der Waals surface area contributed by atoms with Crippen LogP contribution in [0.4, 0.5) is 5.69 Å². The summed E-state index contributed by atoms with van der Waals surface area (Å²) < 4.78 is 26.0. The molecular weight excluding hydrogens is 372 g/mol. The van der Waals surface area contributed by atoms with E-state index in [1.165, 1.54) is 26.1 Å². The predicted octanol–water partition coefficient (Wildman–Crippen LogP) is 2.86. The van der Waals surface area contributed by atoms with Gasteiger partial charge in [0, 0.05) is 12.6 Å². The zero-order valence-corrected chi connectivity index (χ0v) is 15.3. The Morgan fingerprint density at radius 1 is 1.21 bits per heavy atom. The fourth-order valence-corrected chi connectivity index (χ4v) is 4.79. The second kappa shape index (κ2) is 7.43. The van der Waals surface area contributed by atoms with Crippen LogP contribution in [-0.2, 0) is 14.8 Å². The summed E-state index contributed by atoms with van der Waals surface area (Å²) in [6.45, 7) is 1.01. The van der Waals surface area contributed by atoms with E-state index in [9.17, 15) is 18.0 Å². The molecule has 0 aliphatic carbocycles. The van der Waals surface area contributed by atoms with Gasteiger partial charge in [-0.15, -0.1) is 11.3 Å². The van der Waals surface area contributed by atoms with Gasteiger partial charge in [-0.2, -0.15) is 4.31 Å². The maximum atomic E-state index is 12.4. The van der Waals surface area contributed by atoms with Gasteiger partial charge in [-0.05, 0) is 31.2 Å². The van der Waals surface area contributed by atoms with Crippen molar-refractivity contribution in [1.82, 2.24) is 4.31 Å². The maximum Gasteiger partial charge on any atom is 0.252 e. The molecule has 0 fully saturated rings. The number of likely N-dealkylation sites (N-methyl/N-ethyl adjacent to an activating group) is 1. The fourth-order valence-electron chi connectivity index (χ4n) is 1.97. The lowest BCUT2D eigenvalue weighted by atomic mass is 10.1. The van der Waals surface area contributed by atoms with Crippen LogP contribution in [0.25, 0.3) is 0 Å². The number of nitrogens with zero attached hydrogens (tertiary/aromatic N) is 1. The number of halogens is 1. The number of sulfonamides is 1. The standard InChI is InChI=1S/C15H15ClN2O4S2/c1-10(19)11-5-3-4-6-12(11)17-14(20)9-18(2)24(21,22)15-8-7-13(16)23-15/h3-8H,9H2,1-2H3,(H,17,20). The van der Waals surface area contributed by atoms with Gasteiger partial charge in [0.05, 0.1) is 16.6 Å². The van der Waals surface area contributed by atoms with Gasteiger partial charge in [-0.25, -0.2) is 8.42 Å². The Morgan fingerprint density at radius 2 is 1.88 bits per heavy atom. The summed E-state index contributed by atoms with van der Waals surface area (Å²) in [5, 5.41) is 2.56. The van der Waals surface area contributed by atoms with Gasteiger partial charge < -0.3 is 5.32 Å². The molecule has 0 aliphatic rings. The first-order valence-corrected chi connectivity index (χ1v) is 9.47. The molecule has 128 valence electrons. The zero-order chi connectivity index (χ0) is 17.9. The Balaban J connectivity index is 2.11. The summed E-state index contributed by atoms with van der Waals surface area (Å²) in [7, 11) is -2.49. The Morgan fingerprint density at radius 3 is 2.46 bits per heavy atom. The third-order valence-corrected chi connectivity index (χ3v) is 6.66. The van der Waals surface area contributed by atoms with Crippen LogP contribution < -0.4 is 5.32 Å². The summed E-state index contributed by atoms with van der Waals surface area (Å²) in [4.78, 5) is 23.7. The highest BCUT2D eigenvalue weighted by atomic mass is 35.5. The number of thiophene rings is 1. The Bertz CT molecular complexity index is 877. The van der Waals surface area contributed by atoms with E-state index in [2.05, 4.69) is 5.32 Å². The molecule has 9 heteroatoms. The molecule has 0 aliphatic heterocycles. The van der Waals surface area contributed by atoms with E-state index in [1.807, 2.05) is 0 Å². The molecule has 1 amide bonds. The van der Waals surface area contributed by atoms with E-state index in [0.29, 0.717) is 15.6 Å². The number of rotatable bonds is 6. The third-order valence-electron chi connectivity index (χ3n) is 3.16. The summed E-state index contributed by atoms with van der Waals surface area (Å²) in [5.74, 6) is -0.738. The largest absolute Gasteiger partial charge is 0.324 e. The number of carbonyl (C=O) groups is 2. The Kier molecular flexibility index (Phi) is 5.76. The minimum absolute atomic E-state index is 0.0620. The maximum absolute atomic E-state index is 12.4. The van der Waals surface area contributed by atoms with Crippen molar-refractivity contribution in [3.05, 3.63) is 46.3 Å². The summed E-state index contributed by atoms with van der Waals surface area (Å²) in [5.41, 5.74) is 0.710. The lowest BCUT2D eigenvalue weighted by molar-refractivity contribution is -0.116. The minimum atomic E-state index is -3.79. The first kappa shape index (κ1) is 18.6. The molecule has 1 aromatic carbocycles. The third kappa shape index (κ3) is 4.21. The number of anilines is 1. The second-order valence-electron chi connectivity index (χ2n) is 4.97. The van der Waals surface area contributed by atoms with E-state index in [4.69, 9.17) is 11.6 Å². The molecule has 0 bridgehead atoms. The number of hydrogen-bond acceptors (Lipinski definition) is 5. The highest BCUT2D eigenvalue weighted by Gasteiger charge is 2.25.